The van der Waals surface area contributed by atoms with Crippen LogP contribution in [0.4, 0.5) is 5.69 Å². The number of carboxylic acids is 1. The van der Waals surface area contributed by atoms with Gasteiger partial charge in [-0.25, -0.2) is 4.79 Å². The summed E-state index contributed by atoms with van der Waals surface area (Å²) in [6.45, 7) is 0.684. The highest BCUT2D eigenvalue weighted by molar-refractivity contribution is 7.09. The fourth-order valence-corrected chi connectivity index (χ4v) is 2.35. The first-order chi connectivity index (χ1) is 8.18. The summed E-state index contributed by atoms with van der Waals surface area (Å²) in [6, 6.07) is 5.52. The van der Waals surface area contributed by atoms with E-state index in [9.17, 15) is 4.79 Å². The molecule has 2 aromatic heterocycles. The zero-order chi connectivity index (χ0) is 12.3. The highest BCUT2D eigenvalue weighted by Crippen LogP contribution is 2.21. The van der Waals surface area contributed by atoms with Crippen LogP contribution < -0.4 is 4.90 Å². The zero-order valence-corrected chi connectivity index (χ0v) is 10.1. The first-order valence-corrected chi connectivity index (χ1v) is 5.97. The van der Waals surface area contributed by atoms with Crippen LogP contribution in [0.15, 0.2) is 36.0 Å². The van der Waals surface area contributed by atoms with Crippen molar-refractivity contribution in [2.75, 3.05) is 11.9 Å². The Morgan fingerprint density at radius 2 is 2.35 bits per heavy atom. The van der Waals surface area contributed by atoms with Crippen LogP contribution in [0.2, 0.25) is 0 Å². The van der Waals surface area contributed by atoms with Gasteiger partial charge in [-0.15, -0.1) is 11.3 Å². The molecule has 2 aromatic rings. The average Bonchev–Trinajstić information content (AvgIpc) is 2.81. The van der Waals surface area contributed by atoms with Crippen LogP contribution >= 0.6 is 11.3 Å². The van der Waals surface area contributed by atoms with Crippen LogP contribution in [0.3, 0.4) is 0 Å². The van der Waals surface area contributed by atoms with Gasteiger partial charge in [0.1, 0.15) is 0 Å². The Balaban J connectivity index is 2.24. The van der Waals surface area contributed by atoms with Gasteiger partial charge in [0.25, 0.3) is 0 Å². The summed E-state index contributed by atoms with van der Waals surface area (Å²) in [4.78, 5) is 18.1. The molecule has 0 spiro atoms. The number of anilines is 1. The third-order valence-electron chi connectivity index (χ3n) is 2.41. The Hall–Kier alpha value is -1.88. The van der Waals surface area contributed by atoms with Crippen molar-refractivity contribution in [3.63, 3.8) is 0 Å². The molecule has 0 aliphatic rings. The maximum atomic E-state index is 11.1. The Bertz CT molecular complexity index is 511. The second kappa shape index (κ2) is 4.97. The lowest BCUT2D eigenvalue weighted by molar-refractivity contribution is 0.0697. The number of thiophene rings is 1. The maximum absolute atomic E-state index is 11.1. The van der Waals surface area contributed by atoms with Gasteiger partial charge in [-0.05, 0) is 17.5 Å². The highest BCUT2D eigenvalue weighted by atomic mass is 32.1. The van der Waals surface area contributed by atoms with Crippen molar-refractivity contribution < 1.29 is 9.90 Å². The number of pyridine rings is 1. The van der Waals surface area contributed by atoms with Crippen molar-refractivity contribution >= 4 is 23.0 Å². The molecule has 5 heteroatoms. The molecule has 0 aromatic carbocycles. The summed E-state index contributed by atoms with van der Waals surface area (Å²) < 4.78 is 0. The Morgan fingerprint density at radius 3 is 3.00 bits per heavy atom. The number of carbonyl (C=O) groups is 1. The van der Waals surface area contributed by atoms with E-state index in [0.717, 1.165) is 0 Å². The molecule has 0 bridgehead atoms. The average molecular weight is 248 g/mol. The fourth-order valence-electron chi connectivity index (χ4n) is 1.59. The van der Waals surface area contributed by atoms with E-state index >= 15 is 0 Å². The van der Waals surface area contributed by atoms with Crippen LogP contribution in [0.25, 0.3) is 0 Å². The second-order valence-corrected chi connectivity index (χ2v) is 4.67. The Morgan fingerprint density at radius 1 is 1.53 bits per heavy atom. The quantitative estimate of drug-likeness (QED) is 0.903. The molecular formula is C12H12N2O2S. The lowest BCUT2D eigenvalue weighted by Gasteiger charge is -2.19. The number of hydrogen-bond acceptors (Lipinski definition) is 4. The van der Waals surface area contributed by atoms with Crippen molar-refractivity contribution in [1.82, 2.24) is 4.98 Å². The molecule has 2 rings (SSSR count). The predicted octanol–water partition coefficient (Wildman–Crippen LogP) is 2.48. The number of rotatable bonds is 4. The van der Waals surface area contributed by atoms with Gasteiger partial charge in [0, 0.05) is 18.1 Å². The van der Waals surface area contributed by atoms with Crippen LogP contribution in [0, 0.1) is 0 Å². The molecule has 1 N–H and O–H groups in total. The third-order valence-corrected chi connectivity index (χ3v) is 3.28. The van der Waals surface area contributed by atoms with Gasteiger partial charge in [-0.2, -0.15) is 0 Å². The zero-order valence-electron chi connectivity index (χ0n) is 9.33. The molecule has 0 aliphatic carbocycles. The minimum atomic E-state index is -0.930. The summed E-state index contributed by atoms with van der Waals surface area (Å²) in [5.74, 6) is -0.930. The molecule has 0 atom stereocenters. The topological polar surface area (TPSA) is 53.4 Å². The number of aromatic carboxylic acids is 1. The van der Waals surface area contributed by atoms with Crippen LogP contribution in [0.5, 0.6) is 0 Å². The van der Waals surface area contributed by atoms with E-state index in [1.807, 2.05) is 29.5 Å². The van der Waals surface area contributed by atoms with Gasteiger partial charge in [0.15, 0.2) is 0 Å². The van der Waals surface area contributed by atoms with Crippen LogP contribution in [-0.4, -0.2) is 23.1 Å². The van der Waals surface area contributed by atoms with E-state index in [1.165, 1.54) is 17.1 Å². The van der Waals surface area contributed by atoms with Crippen LogP contribution in [-0.2, 0) is 6.54 Å². The lowest BCUT2D eigenvalue weighted by atomic mass is 10.2. The summed E-state index contributed by atoms with van der Waals surface area (Å²) in [5, 5.41) is 11.1. The summed E-state index contributed by atoms with van der Waals surface area (Å²) in [6.07, 6.45) is 3.07. The van der Waals surface area contributed by atoms with Gasteiger partial charge in [0.2, 0.25) is 0 Å². The second-order valence-electron chi connectivity index (χ2n) is 3.63. The normalized spacial score (nSPS) is 10.2. The van der Waals surface area contributed by atoms with E-state index in [4.69, 9.17) is 5.11 Å². The van der Waals surface area contributed by atoms with Crippen molar-refractivity contribution in [2.45, 2.75) is 6.54 Å². The summed E-state index contributed by atoms with van der Waals surface area (Å²) in [7, 11) is 1.86. The van der Waals surface area contributed by atoms with Gasteiger partial charge in [-0.1, -0.05) is 6.07 Å². The predicted molar refractivity (Wildman–Crippen MR) is 67.6 cm³/mol. The van der Waals surface area contributed by atoms with Gasteiger partial charge < -0.3 is 10.0 Å². The SMILES string of the molecule is CN(Cc1cccs1)c1cnccc1C(=O)O. The third kappa shape index (κ3) is 2.62. The molecule has 0 amide bonds. The highest BCUT2D eigenvalue weighted by Gasteiger charge is 2.13. The molecule has 0 aliphatic heterocycles. The minimum Gasteiger partial charge on any atom is -0.478 e. The van der Waals surface area contributed by atoms with Crippen molar-refractivity contribution in [2.24, 2.45) is 0 Å². The van der Waals surface area contributed by atoms with Crippen molar-refractivity contribution in [3.8, 4) is 0 Å². The number of aromatic nitrogens is 1. The number of nitrogens with zero attached hydrogens (tertiary/aromatic N) is 2. The van der Waals surface area contributed by atoms with E-state index in [-0.39, 0.29) is 5.56 Å². The Labute approximate surface area is 103 Å². The van der Waals surface area contributed by atoms with Gasteiger partial charge >= 0.3 is 5.97 Å². The van der Waals surface area contributed by atoms with Crippen LogP contribution in [0.1, 0.15) is 15.2 Å². The fraction of sp³-hybridized carbons (Fsp3) is 0.167. The summed E-state index contributed by atoms with van der Waals surface area (Å²) >= 11 is 1.65. The smallest absolute Gasteiger partial charge is 0.337 e. The molecule has 88 valence electrons. The van der Waals surface area contributed by atoms with Gasteiger partial charge in [-0.3, -0.25) is 4.98 Å². The number of carboxylic acid groups (broad SMARTS) is 1. The molecular weight excluding hydrogens is 236 g/mol. The first kappa shape index (κ1) is 11.6. The standard InChI is InChI=1S/C12H12N2O2S/c1-14(8-9-3-2-6-17-9)11-7-13-5-4-10(11)12(15)16/h2-7H,8H2,1H3,(H,15,16). The molecule has 4 nitrogen and oxygen atoms in total. The lowest BCUT2D eigenvalue weighted by Crippen LogP contribution is -2.19. The van der Waals surface area contributed by atoms with Crippen molar-refractivity contribution in [1.29, 1.82) is 0 Å². The molecule has 2 heterocycles. The Kier molecular flexibility index (Phi) is 3.39. The molecule has 17 heavy (non-hydrogen) atoms. The van der Waals surface area contributed by atoms with E-state index < -0.39 is 5.97 Å². The number of hydrogen-bond donors (Lipinski definition) is 1. The summed E-state index contributed by atoms with van der Waals surface area (Å²) in [5.41, 5.74) is 0.910. The largest absolute Gasteiger partial charge is 0.478 e. The minimum absolute atomic E-state index is 0.277. The molecule has 0 saturated heterocycles. The molecule has 0 saturated carbocycles. The van der Waals surface area contributed by atoms with Gasteiger partial charge in [0.05, 0.1) is 24.0 Å². The monoisotopic (exact) mass is 248 g/mol. The van der Waals surface area contributed by atoms with E-state index in [1.54, 1.807) is 17.5 Å². The molecule has 0 radical (unpaired) electrons. The van der Waals surface area contributed by atoms with E-state index in [0.29, 0.717) is 12.2 Å². The first-order valence-electron chi connectivity index (χ1n) is 5.09. The van der Waals surface area contributed by atoms with Crippen molar-refractivity contribution in [3.05, 3.63) is 46.4 Å². The molecule has 0 fully saturated rings. The maximum Gasteiger partial charge on any atom is 0.337 e. The van der Waals surface area contributed by atoms with E-state index in [2.05, 4.69) is 4.98 Å². The molecule has 0 unspecified atom stereocenters.